The average Bonchev–Trinajstić information content (AvgIpc) is 2.72. The van der Waals surface area contributed by atoms with Crippen LogP contribution < -0.4 is 0 Å². The maximum absolute atomic E-state index is 9.57. The molecule has 1 unspecified atom stereocenters. The summed E-state index contributed by atoms with van der Waals surface area (Å²) >= 11 is 1.71. The van der Waals surface area contributed by atoms with Crippen molar-refractivity contribution in [1.82, 2.24) is 0 Å². The molecule has 0 fully saturated rings. The number of aliphatic hydroxyl groups is 1. The molecule has 70 valence electrons. The van der Waals surface area contributed by atoms with Crippen molar-refractivity contribution in [2.45, 2.75) is 12.8 Å². The molecule has 1 aromatic carbocycles. The first-order valence-corrected chi connectivity index (χ1v) is 5.43. The molecule has 1 aliphatic heterocycles. The summed E-state index contributed by atoms with van der Waals surface area (Å²) in [5, 5.41) is 12.9. The number of thiophene rings is 1. The van der Waals surface area contributed by atoms with Crippen molar-refractivity contribution in [3.8, 4) is 0 Å². The van der Waals surface area contributed by atoms with E-state index < -0.39 is 0 Å². The van der Waals surface area contributed by atoms with Crippen LogP contribution in [0, 0.1) is 0 Å². The zero-order valence-electron chi connectivity index (χ0n) is 7.69. The molecule has 2 heterocycles. The molecule has 1 N–H and O–H groups in total. The summed E-state index contributed by atoms with van der Waals surface area (Å²) in [6.07, 6.45) is 0. The fourth-order valence-electron chi connectivity index (χ4n) is 1.91. The highest BCUT2D eigenvalue weighted by Crippen LogP contribution is 2.41. The number of hydrogen-bond donors (Lipinski definition) is 1. The predicted octanol–water partition coefficient (Wildman–Crippen LogP) is 3.61. The summed E-state index contributed by atoms with van der Waals surface area (Å²) in [5.74, 6) is 0.285. The molecule has 3 rings (SSSR count). The molecule has 1 atom stereocenters. The maximum atomic E-state index is 9.57. The van der Waals surface area contributed by atoms with Gasteiger partial charge in [0.05, 0.1) is 11.6 Å². The second kappa shape index (κ2) is 2.58. The molecule has 0 aliphatic carbocycles. The SMILES string of the molecule is CC1C(O)=Nc2ccc3ccsc3c21. The lowest BCUT2D eigenvalue weighted by molar-refractivity contribution is 0.528. The van der Waals surface area contributed by atoms with E-state index in [2.05, 4.69) is 22.5 Å². The minimum Gasteiger partial charge on any atom is -0.496 e. The molecule has 2 aromatic rings. The van der Waals surface area contributed by atoms with Gasteiger partial charge in [0.2, 0.25) is 0 Å². The van der Waals surface area contributed by atoms with Crippen LogP contribution in [-0.4, -0.2) is 11.0 Å². The maximum Gasteiger partial charge on any atom is 0.193 e. The summed E-state index contributed by atoms with van der Waals surface area (Å²) in [6.45, 7) is 1.99. The zero-order chi connectivity index (χ0) is 9.71. The highest BCUT2D eigenvalue weighted by Gasteiger charge is 2.25. The van der Waals surface area contributed by atoms with Crippen LogP contribution in [0.5, 0.6) is 0 Å². The third-order valence-electron chi connectivity index (χ3n) is 2.69. The zero-order valence-corrected chi connectivity index (χ0v) is 8.51. The Morgan fingerprint density at radius 1 is 1.36 bits per heavy atom. The monoisotopic (exact) mass is 203 g/mol. The molecular weight excluding hydrogens is 194 g/mol. The second-order valence-electron chi connectivity index (χ2n) is 3.53. The highest BCUT2D eigenvalue weighted by molar-refractivity contribution is 7.17. The minimum atomic E-state index is 0.0485. The van der Waals surface area contributed by atoms with E-state index in [1.54, 1.807) is 11.3 Å². The van der Waals surface area contributed by atoms with Gasteiger partial charge in [0.1, 0.15) is 0 Å². The topological polar surface area (TPSA) is 32.6 Å². The Morgan fingerprint density at radius 2 is 2.21 bits per heavy atom. The number of rotatable bonds is 0. The second-order valence-corrected chi connectivity index (χ2v) is 4.45. The molecule has 0 radical (unpaired) electrons. The van der Waals surface area contributed by atoms with Gasteiger partial charge in [-0.1, -0.05) is 6.07 Å². The Hall–Kier alpha value is -1.35. The third kappa shape index (κ3) is 0.876. The van der Waals surface area contributed by atoms with Crippen molar-refractivity contribution >= 4 is 33.0 Å². The van der Waals surface area contributed by atoms with E-state index in [0.29, 0.717) is 0 Å². The molecule has 3 heteroatoms. The first kappa shape index (κ1) is 8.00. The smallest absolute Gasteiger partial charge is 0.193 e. The Kier molecular flexibility index (Phi) is 1.47. The number of aliphatic imine (C=N–C) groups is 1. The molecule has 14 heavy (non-hydrogen) atoms. The number of benzene rings is 1. The van der Waals surface area contributed by atoms with E-state index in [-0.39, 0.29) is 11.8 Å². The predicted molar refractivity (Wildman–Crippen MR) is 60.0 cm³/mol. The lowest BCUT2D eigenvalue weighted by atomic mass is 10.0. The van der Waals surface area contributed by atoms with Crippen molar-refractivity contribution < 1.29 is 5.11 Å². The van der Waals surface area contributed by atoms with Crippen molar-refractivity contribution in [1.29, 1.82) is 0 Å². The number of hydrogen-bond acceptors (Lipinski definition) is 2. The number of nitrogens with zero attached hydrogens (tertiary/aromatic N) is 1. The standard InChI is InChI=1S/C11H9NOS/c1-6-9-8(12-11(6)13)3-2-7-4-5-14-10(7)9/h2-6H,1H3,(H,12,13). The van der Waals surface area contributed by atoms with Crippen molar-refractivity contribution in [2.75, 3.05) is 0 Å². The Morgan fingerprint density at radius 3 is 3.07 bits per heavy atom. The van der Waals surface area contributed by atoms with E-state index in [1.165, 1.54) is 15.6 Å². The molecule has 0 saturated carbocycles. The number of fused-ring (bicyclic) bond motifs is 3. The first-order chi connectivity index (χ1) is 6.77. The normalized spacial score (nSPS) is 19.8. The van der Waals surface area contributed by atoms with Gasteiger partial charge in [-0.3, -0.25) is 0 Å². The third-order valence-corrected chi connectivity index (χ3v) is 3.66. The van der Waals surface area contributed by atoms with Crippen LogP contribution in [-0.2, 0) is 0 Å². The lowest BCUT2D eigenvalue weighted by Crippen LogP contribution is -2.01. The largest absolute Gasteiger partial charge is 0.496 e. The quantitative estimate of drug-likeness (QED) is 0.697. The summed E-state index contributed by atoms with van der Waals surface area (Å²) in [4.78, 5) is 4.14. The van der Waals surface area contributed by atoms with Gasteiger partial charge < -0.3 is 5.11 Å². The van der Waals surface area contributed by atoms with E-state index in [0.717, 1.165) is 5.69 Å². The Bertz CT molecular complexity index is 541. The highest BCUT2D eigenvalue weighted by atomic mass is 32.1. The van der Waals surface area contributed by atoms with E-state index in [4.69, 9.17) is 0 Å². The van der Waals surface area contributed by atoms with E-state index in [9.17, 15) is 5.11 Å². The Balaban J connectivity index is 2.40. The van der Waals surface area contributed by atoms with Gasteiger partial charge in [0.25, 0.3) is 0 Å². The Labute approximate surface area is 85.5 Å². The van der Waals surface area contributed by atoms with Crippen LogP contribution in [0.3, 0.4) is 0 Å². The molecule has 0 amide bonds. The van der Waals surface area contributed by atoms with Crippen molar-refractivity contribution in [3.05, 3.63) is 29.1 Å². The van der Waals surface area contributed by atoms with E-state index >= 15 is 0 Å². The summed E-state index contributed by atoms with van der Waals surface area (Å²) in [6, 6.07) is 6.13. The van der Waals surface area contributed by atoms with Gasteiger partial charge in [0, 0.05) is 10.3 Å². The van der Waals surface area contributed by atoms with Crippen LogP contribution in [0.2, 0.25) is 0 Å². The molecule has 2 nitrogen and oxygen atoms in total. The summed E-state index contributed by atoms with van der Waals surface area (Å²) in [5.41, 5.74) is 2.10. The molecule has 0 saturated heterocycles. The number of aliphatic hydroxyl groups excluding tert-OH is 1. The van der Waals surface area contributed by atoms with Crippen LogP contribution in [0.4, 0.5) is 5.69 Å². The first-order valence-electron chi connectivity index (χ1n) is 4.55. The average molecular weight is 203 g/mol. The fourth-order valence-corrected chi connectivity index (χ4v) is 2.94. The van der Waals surface area contributed by atoms with Gasteiger partial charge in [0.15, 0.2) is 5.90 Å². The van der Waals surface area contributed by atoms with Crippen LogP contribution in [0.15, 0.2) is 28.6 Å². The van der Waals surface area contributed by atoms with Gasteiger partial charge >= 0.3 is 0 Å². The van der Waals surface area contributed by atoms with Gasteiger partial charge in [-0.05, 0) is 29.8 Å². The molecule has 1 aliphatic rings. The summed E-state index contributed by atoms with van der Waals surface area (Å²) in [7, 11) is 0. The lowest BCUT2D eigenvalue weighted by Gasteiger charge is -2.04. The van der Waals surface area contributed by atoms with Gasteiger partial charge in [-0.2, -0.15) is 0 Å². The minimum absolute atomic E-state index is 0.0485. The van der Waals surface area contributed by atoms with Gasteiger partial charge in [-0.15, -0.1) is 11.3 Å². The molecule has 0 spiro atoms. The summed E-state index contributed by atoms with van der Waals surface area (Å²) < 4.78 is 1.25. The molecular formula is C11H9NOS. The van der Waals surface area contributed by atoms with Crippen LogP contribution in [0.1, 0.15) is 18.4 Å². The van der Waals surface area contributed by atoms with E-state index in [1.807, 2.05) is 13.0 Å². The molecule has 1 aromatic heterocycles. The van der Waals surface area contributed by atoms with Crippen molar-refractivity contribution in [2.24, 2.45) is 4.99 Å². The molecule has 0 bridgehead atoms. The van der Waals surface area contributed by atoms with Gasteiger partial charge in [-0.25, -0.2) is 4.99 Å². The fraction of sp³-hybridized carbons (Fsp3) is 0.182. The van der Waals surface area contributed by atoms with Crippen molar-refractivity contribution in [3.63, 3.8) is 0 Å². The van der Waals surface area contributed by atoms with Crippen LogP contribution in [0.25, 0.3) is 10.1 Å². The van der Waals surface area contributed by atoms with Crippen LogP contribution >= 0.6 is 11.3 Å².